The van der Waals surface area contributed by atoms with Crippen molar-refractivity contribution in [2.24, 2.45) is 10.7 Å². The molecular formula is C20H25IN6. The first-order valence-electron chi connectivity index (χ1n) is 8.69. The molecule has 6 nitrogen and oxygen atoms in total. The van der Waals surface area contributed by atoms with Crippen molar-refractivity contribution in [2.45, 2.75) is 26.8 Å². The Kier molecular flexibility index (Phi) is 7.78. The number of pyridine rings is 1. The second kappa shape index (κ2) is 10.1. The highest BCUT2D eigenvalue weighted by atomic mass is 127. The van der Waals surface area contributed by atoms with Gasteiger partial charge < -0.3 is 11.1 Å². The molecule has 0 saturated carbocycles. The number of halogens is 1. The van der Waals surface area contributed by atoms with Crippen molar-refractivity contribution in [1.82, 2.24) is 20.1 Å². The van der Waals surface area contributed by atoms with Gasteiger partial charge in [-0.3, -0.25) is 4.98 Å². The van der Waals surface area contributed by atoms with E-state index in [1.54, 1.807) is 6.20 Å². The maximum absolute atomic E-state index is 6.00. The normalized spacial score (nSPS) is 11.1. The van der Waals surface area contributed by atoms with Crippen LogP contribution < -0.4 is 11.1 Å². The molecule has 0 radical (unpaired) electrons. The second-order valence-corrected chi connectivity index (χ2v) is 6.10. The Morgan fingerprint density at radius 2 is 1.85 bits per heavy atom. The molecule has 0 amide bonds. The Labute approximate surface area is 176 Å². The van der Waals surface area contributed by atoms with Crippen molar-refractivity contribution in [3.63, 3.8) is 0 Å². The largest absolute Gasteiger partial charge is 0.370 e. The quantitative estimate of drug-likeness (QED) is 0.326. The van der Waals surface area contributed by atoms with Crippen LogP contribution in [0.15, 0.2) is 59.7 Å². The van der Waals surface area contributed by atoms with Crippen molar-refractivity contribution >= 4 is 29.9 Å². The number of nitrogens with zero attached hydrogens (tertiary/aromatic N) is 4. The van der Waals surface area contributed by atoms with Crippen LogP contribution in [0.25, 0.3) is 5.69 Å². The van der Waals surface area contributed by atoms with E-state index in [1.165, 1.54) is 0 Å². The van der Waals surface area contributed by atoms with Crippen LogP contribution in [-0.2, 0) is 13.0 Å². The number of nitrogens with two attached hydrogens (primary N) is 1. The van der Waals surface area contributed by atoms with Crippen LogP contribution in [0.1, 0.15) is 22.6 Å². The SMILES string of the molecule is Cc1nn(-c2ccccc2)c(C)c1CN=C(N)NCCc1ccccn1.I. The average Bonchev–Trinajstić information content (AvgIpc) is 2.95. The topological polar surface area (TPSA) is 81.1 Å². The van der Waals surface area contributed by atoms with Gasteiger partial charge >= 0.3 is 0 Å². The number of aromatic nitrogens is 3. The molecule has 0 atom stereocenters. The van der Waals surface area contributed by atoms with Crippen molar-refractivity contribution in [1.29, 1.82) is 0 Å². The number of para-hydroxylation sites is 1. The summed E-state index contributed by atoms with van der Waals surface area (Å²) in [6.45, 7) is 5.27. The zero-order valence-electron chi connectivity index (χ0n) is 15.6. The Balaban J connectivity index is 0.00000261. The molecule has 27 heavy (non-hydrogen) atoms. The van der Waals surface area contributed by atoms with Gasteiger partial charge in [-0.15, -0.1) is 24.0 Å². The van der Waals surface area contributed by atoms with Gasteiger partial charge in [-0.05, 0) is 38.1 Å². The van der Waals surface area contributed by atoms with Crippen molar-refractivity contribution in [3.05, 3.63) is 77.4 Å². The maximum atomic E-state index is 6.00. The first-order valence-corrected chi connectivity index (χ1v) is 8.69. The van der Waals surface area contributed by atoms with Crippen LogP contribution in [0, 0.1) is 13.8 Å². The van der Waals surface area contributed by atoms with E-state index >= 15 is 0 Å². The van der Waals surface area contributed by atoms with Gasteiger partial charge in [0.1, 0.15) is 0 Å². The first kappa shape index (κ1) is 20.9. The minimum atomic E-state index is 0. The van der Waals surface area contributed by atoms with E-state index in [9.17, 15) is 0 Å². The van der Waals surface area contributed by atoms with Gasteiger partial charge in [-0.25, -0.2) is 9.67 Å². The summed E-state index contributed by atoms with van der Waals surface area (Å²) in [4.78, 5) is 8.76. The summed E-state index contributed by atoms with van der Waals surface area (Å²) in [6, 6.07) is 16.0. The zero-order chi connectivity index (χ0) is 18.4. The van der Waals surface area contributed by atoms with E-state index in [0.717, 1.165) is 34.8 Å². The van der Waals surface area contributed by atoms with E-state index in [0.29, 0.717) is 19.0 Å². The van der Waals surface area contributed by atoms with Crippen LogP contribution in [0.5, 0.6) is 0 Å². The van der Waals surface area contributed by atoms with Crippen molar-refractivity contribution < 1.29 is 0 Å². The molecule has 0 saturated heterocycles. The summed E-state index contributed by atoms with van der Waals surface area (Å²) in [7, 11) is 0. The molecule has 0 aliphatic carbocycles. The van der Waals surface area contributed by atoms with Gasteiger partial charge in [-0.1, -0.05) is 24.3 Å². The Morgan fingerprint density at radius 1 is 1.11 bits per heavy atom. The molecule has 0 fully saturated rings. The number of hydrogen-bond acceptors (Lipinski definition) is 3. The summed E-state index contributed by atoms with van der Waals surface area (Å²) in [6.07, 6.45) is 2.60. The summed E-state index contributed by atoms with van der Waals surface area (Å²) >= 11 is 0. The van der Waals surface area contributed by atoms with Crippen LogP contribution in [0.3, 0.4) is 0 Å². The minimum Gasteiger partial charge on any atom is -0.370 e. The molecule has 0 aliphatic heterocycles. The third kappa shape index (κ3) is 5.53. The lowest BCUT2D eigenvalue weighted by Crippen LogP contribution is -2.33. The van der Waals surface area contributed by atoms with Gasteiger partial charge in [0.15, 0.2) is 5.96 Å². The number of aryl methyl sites for hydroxylation is 1. The first-order chi connectivity index (χ1) is 12.6. The predicted molar refractivity (Wildman–Crippen MR) is 120 cm³/mol. The van der Waals surface area contributed by atoms with E-state index < -0.39 is 0 Å². The number of rotatable bonds is 6. The third-order valence-electron chi connectivity index (χ3n) is 4.26. The number of aliphatic imine (C=N–C) groups is 1. The number of benzene rings is 1. The average molecular weight is 476 g/mol. The lowest BCUT2D eigenvalue weighted by atomic mass is 10.2. The van der Waals surface area contributed by atoms with Crippen LogP contribution in [0.4, 0.5) is 0 Å². The number of hydrogen-bond donors (Lipinski definition) is 2. The van der Waals surface area contributed by atoms with Gasteiger partial charge in [0.05, 0.1) is 17.9 Å². The van der Waals surface area contributed by atoms with Crippen molar-refractivity contribution in [3.8, 4) is 5.69 Å². The fourth-order valence-electron chi connectivity index (χ4n) is 2.81. The smallest absolute Gasteiger partial charge is 0.188 e. The fraction of sp³-hybridized carbons (Fsp3) is 0.250. The Bertz CT molecular complexity index is 874. The molecule has 3 rings (SSSR count). The van der Waals surface area contributed by atoms with Gasteiger partial charge in [0.25, 0.3) is 0 Å². The summed E-state index contributed by atoms with van der Waals surface area (Å²) < 4.78 is 1.95. The maximum Gasteiger partial charge on any atom is 0.188 e. The van der Waals surface area contributed by atoms with E-state index in [1.807, 2.05) is 60.1 Å². The molecule has 3 N–H and O–H groups in total. The lowest BCUT2D eigenvalue weighted by molar-refractivity contribution is 0.825. The monoisotopic (exact) mass is 476 g/mol. The Morgan fingerprint density at radius 3 is 2.56 bits per heavy atom. The molecule has 2 heterocycles. The standard InChI is InChI=1S/C20H24N6.HI/c1-15-19(16(2)26(25-15)18-9-4-3-5-10-18)14-24-20(21)23-13-11-17-8-6-7-12-22-17;/h3-10,12H,11,13-14H2,1-2H3,(H3,21,23,24);1H. The van der Waals surface area contributed by atoms with E-state index in [4.69, 9.17) is 5.73 Å². The second-order valence-electron chi connectivity index (χ2n) is 6.10. The molecule has 0 bridgehead atoms. The molecule has 3 aromatic rings. The van der Waals surface area contributed by atoms with Gasteiger partial charge in [-0.2, -0.15) is 5.10 Å². The molecule has 0 aliphatic rings. The molecule has 0 unspecified atom stereocenters. The molecule has 0 spiro atoms. The minimum absolute atomic E-state index is 0. The predicted octanol–water partition coefficient (Wildman–Crippen LogP) is 3.15. The van der Waals surface area contributed by atoms with Crippen molar-refractivity contribution in [2.75, 3.05) is 6.54 Å². The molecule has 1 aromatic carbocycles. The zero-order valence-corrected chi connectivity index (χ0v) is 17.9. The molecule has 142 valence electrons. The molecule has 2 aromatic heterocycles. The van der Waals surface area contributed by atoms with E-state index in [-0.39, 0.29) is 24.0 Å². The summed E-state index contributed by atoms with van der Waals surface area (Å²) in [5.74, 6) is 0.437. The molecule has 7 heteroatoms. The van der Waals surface area contributed by atoms with Crippen LogP contribution in [0.2, 0.25) is 0 Å². The van der Waals surface area contributed by atoms with Gasteiger partial charge in [0.2, 0.25) is 0 Å². The summed E-state index contributed by atoms with van der Waals surface area (Å²) in [5.41, 5.74) is 11.2. The lowest BCUT2D eigenvalue weighted by Gasteiger charge is -2.06. The fourth-order valence-corrected chi connectivity index (χ4v) is 2.81. The van der Waals surface area contributed by atoms with Crippen LogP contribution in [-0.4, -0.2) is 27.3 Å². The van der Waals surface area contributed by atoms with E-state index in [2.05, 4.69) is 27.3 Å². The third-order valence-corrected chi connectivity index (χ3v) is 4.26. The van der Waals surface area contributed by atoms with Gasteiger partial charge in [0, 0.05) is 36.1 Å². The summed E-state index contributed by atoms with van der Waals surface area (Å²) in [5, 5.41) is 7.78. The highest BCUT2D eigenvalue weighted by molar-refractivity contribution is 14.0. The number of guanidine groups is 1. The molecular weight excluding hydrogens is 451 g/mol. The highest BCUT2D eigenvalue weighted by Gasteiger charge is 2.12. The number of nitrogens with one attached hydrogen (secondary N) is 1. The Hall–Kier alpha value is -2.42. The highest BCUT2D eigenvalue weighted by Crippen LogP contribution is 2.18. The van der Waals surface area contributed by atoms with Crippen LogP contribution >= 0.6 is 24.0 Å².